The van der Waals surface area contributed by atoms with Gasteiger partial charge in [0.05, 0.1) is 17.4 Å². The summed E-state index contributed by atoms with van der Waals surface area (Å²) >= 11 is 0. The van der Waals surface area contributed by atoms with Crippen LogP contribution >= 0.6 is 0 Å². The zero-order valence-corrected chi connectivity index (χ0v) is 14.6. The third-order valence-electron chi connectivity index (χ3n) is 3.66. The van der Waals surface area contributed by atoms with Crippen molar-refractivity contribution in [2.24, 2.45) is 0 Å². The Morgan fingerprint density at radius 2 is 1.64 bits per heavy atom. The molecule has 6 nitrogen and oxygen atoms in total. The van der Waals surface area contributed by atoms with E-state index in [9.17, 15) is 13.2 Å². The first-order valence-corrected chi connectivity index (χ1v) is 9.21. The van der Waals surface area contributed by atoms with Gasteiger partial charge in [0.15, 0.2) is 0 Å². The smallest absolute Gasteiger partial charge is 0.240 e. The van der Waals surface area contributed by atoms with E-state index in [1.54, 1.807) is 36.4 Å². The number of anilines is 1. The predicted molar refractivity (Wildman–Crippen MR) is 95.4 cm³/mol. The van der Waals surface area contributed by atoms with Crippen LogP contribution in [0.15, 0.2) is 53.4 Å². The first kappa shape index (κ1) is 18.6. The third kappa shape index (κ3) is 5.41. The largest absolute Gasteiger partial charge is 0.326 e. The molecule has 0 aliphatic carbocycles. The molecule has 0 aliphatic rings. The number of benzene rings is 2. The van der Waals surface area contributed by atoms with Gasteiger partial charge in [-0.1, -0.05) is 24.3 Å². The topological polar surface area (TPSA) is 99.1 Å². The van der Waals surface area contributed by atoms with Crippen LogP contribution in [0.3, 0.4) is 0 Å². The lowest BCUT2D eigenvalue weighted by molar-refractivity contribution is -0.116. The van der Waals surface area contributed by atoms with Crippen LogP contribution in [0, 0.1) is 11.3 Å². The molecule has 2 aromatic rings. The minimum absolute atomic E-state index is 0.125. The molecule has 0 spiro atoms. The number of nitrogens with zero attached hydrogens (tertiary/aromatic N) is 1. The molecule has 2 rings (SSSR count). The van der Waals surface area contributed by atoms with Gasteiger partial charge in [0, 0.05) is 12.1 Å². The number of nitriles is 1. The van der Waals surface area contributed by atoms with Crippen LogP contribution in [0.1, 0.15) is 17.5 Å². The molecule has 2 aromatic carbocycles. The van der Waals surface area contributed by atoms with Crippen molar-refractivity contribution in [3.63, 3.8) is 0 Å². The van der Waals surface area contributed by atoms with Crippen molar-refractivity contribution in [3.8, 4) is 6.07 Å². The molecular formula is C18H19N3O3S. The number of nitrogens with one attached hydrogen (secondary N) is 2. The highest BCUT2D eigenvalue weighted by molar-refractivity contribution is 7.89. The first-order valence-electron chi connectivity index (χ1n) is 7.73. The molecule has 130 valence electrons. The van der Waals surface area contributed by atoms with E-state index in [1.165, 1.54) is 19.2 Å². The van der Waals surface area contributed by atoms with Crippen molar-refractivity contribution in [2.75, 3.05) is 12.4 Å². The number of carbonyl (C=O) groups excluding carboxylic acids is 1. The Morgan fingerprint density at radius 3 is 2.20 bits per heavy atom. The molecular weight excluding hydrogens is 338 g/mol. The van der Waals surface area contributed by atoms with Gasteiger partial charge in [-0.2, -0.15) is 5.26 Å². The molecule has 0 unspecified atom stereocenters. The summed E-state index contributed by atoms with van der Waals surface area (Å²) in [6, 6.07) is 15.7. The highest BCUT2D eigenvalue weighted by atomic mass is 32.2. The van der Waals surface area contributed by atoms with E-state index in [4.69, 9.17) is 5.26 Å². The monoisotopic (exact) mass is 357 g/mol. The molecule has 25 heavy (non-hydrogen) atoms. The van der Waals surface area contributed by atoms with Crippen LogP contribution in [0.4, 0.5) is 5.69 Å². The van der Waals surface area contributed by atoms with E-state index < -0.39 is 10.0 Å². The fourth-order valence-electron chi connectivity index (χ4n) is 2.23. The average Bonchev–Trinajstić information content (AvgIpc) is 2.62. The Balaban J connectivity index is 1.88. The Bertz CT molecular complexity index is 867. The van der Waals surface area contributed by atoms with E-state index in [2.05, 4.69) is 16.1 Å². The minimum Gasteiger partial charge on any atom is -0.326 e. The predicted octanol–water partition coefficient (Wildman–Crippen LogP) is 2.23. The van der Waals surface area contributed by atoms with Gasteiger partial charge in [-0.05, 0) is 48.9 Å². The highest BCUT2D eigenvalue weighted by Gasteiger charge is 2.10. The number of amides is 1. The van der Waals surface area contributed by atoms with Gasteiger partial charge in [-0.25, -0.2) is 13.1 Å². The Kier molecular flexibility index (Phi) is 6.28. The maximum absolute atomic E-state index is 12.0. The lowest BCUT2D eigenvalue weighted by Crippen LogP contribution is -2.18. The standard InChI is InChI=1S/C18H19N3O3S/c1-20-25(23,24)17-9-4-14(5-10-17)6-11-18(22)21-16-7-2-15(3-8-16)12-13-19/h2-5,7-10,20H,6,11-12H2,1H3,(H,21,22). The second kappa shape index (κ2) is 8.42. The van der Waals surface area contributed by atoms with Gasteiger partial charge < -0.3 is 5.32 Å². The number of hydrogen-bond donors (Lipinski definition) is 2. The van der Waals surface area contributed by atoms with Crippen LogP contribution in [-0.4, -0.2) is 21.4 Å². The van der Waals surface area contributed by atoms with Gasteiger partial charge in [-0.15, -0.1) is 0 Å². The van der Waals surface area contributed by atoms with Gasteiger partial charge in [0.2, 0.25) is 15.9 Å². The van der Waals surface area contributed by atoms with Crippen molar-refractivity contribution in [2.45, 2.75) is 24.2 Å². The minimum atomic E-state index is -3.44. The zero-order valence-electron chi connectivity index (χ0n) is 13.8. The summed E-state index contributed by atoms with van der Waals surface area (Å²) in [6.45, 7) is 0. The van der Waals surface area contributed by atoms with Crippen LogP contribution in [-0.2, 0) is 27.7 Å². The van der Waals surface area contributed by atoms with Crippen molar-refractivity contribution in [1.82, 2.24) is 4.72 Å². The van der Waals surface area contributed by atoms with Crippen LogP contribution < -0.4 is 10.0 Å². The number of hydrogen-bond acceptors (Lipinski definition) is 4. The third-order valence-corrected chi connectivity index (χ3v) is 5.09. The van der Waals surface area contributed by atoms with E-state index in [0.717, 1.165) is 11.1 Å². The normalized spacial score (nSPS) is 10.9. The Labute approximate surface area is 147 Å². The summed E-state index contributed by atoms with van der Waals surface area (Å²) in [4.78, 5) is 12.2. The lowest BCUT2D eigenvalue weighted by Gasteiger charge is -2.07. The molecule has 0 bridgehead atoms. The molecule has 0 saturated carbocycles. The highest BCUT2D eigenvalue weighted by Crippen LogP contribution is 2.13. The van der Waals surface area contributed by atoms with E-state index >= 15 is 0 Å². The molecule has 0 fully saturated rings. The maximum atomic E-state index is 12.0. The summed E-state index contributed by atoms with van der Waals surface area (Å²) in [5, 5.41) is 11.4. The van der Waals surface area contributed by atoms with Gasteiger partial charge in [0.25, 0.3) is 0 Å². The molecule has 0 heterocycles. The average molecular weight is 357 g/mol. The van der Waals surface area contributed by atoms with Gasteiger partial charge in [-0.3, -0.25) is 4.79 Å². The quantitative estimate of drug-likeness (QED) is 0.794. The number of rotatable bonds is 7. The summed E-state index contributed by atoms with van der Waals surface area (Å²) < 4.78 is 25.6. The number of carbonyl (C=O) groups is 1. The molecule has 0 atom stereocenters. The second-order valence-electron chi connectivity index (χ2n) is 5.43. The van der Waals surface area contributed by atoms with Crippen LogP contribution in [0.5, 0.6) is 0 Å². The summed E-state index contributed by atoms with van der Waals surface area (Å²) in [6.07, 6.45) is 1.14. The van der Waals surface area contributed by atoms with E-state index in [-0.39, 0.29) is 17.2 Å². The molecule has 0 radical (unpaired) electrons. The first-order chi connectivity index (χ1) is 11.9. The van der Waals surface area contributed by atoms with Crippen molar-refractivity contribution in [1.29, 1.82) is 5.26 Å². The fourth-order valence-corrected chi connectivity index (χ4v) is 2.96. The SMILES string of the molecule is CNS(=O)(=O)c1ccc(CCC(=O)Nc2ccc(CC#N)cc2)cc1. The molecule has 7 heteroatoms. The fraction of sp³-hybridized carbons (Fsp3) is 0.222. The molecule has 2 N–H and O–H groups in total. The summed E-state index contributed by atoms with van der Waals surface area (Å²) in [5.74, 6) is -0.125. The molecule has 0 aliphatic heterocycles. The van der Waals surface area contributed by atoms with E-state index in [0.29, 0.717) is 18.5 Å². The zero-order chi connectivity index (χ0) is 18.3. The Hall–Kier alpha value is -2.69. The van der Waals surface area contributed by atoms with Gasteiger partial charge >= 0.3 is 0 Å². The van der Waals surface area contributed by atoms with Crippen molar-refractivity contribution >= 4 is 21.6 Å². The second-order valence-corrected chi connectivity index (χ2v) is 7.32. The lowest BCUT2D eigenvalue weighted by atomic mass is 10.1. The molecule has 0 saturated heterocycles. The van der Waals surface area contributed by atoms with Crippen molar-refractivity contribution < 1.29 is 13.2 Å². The maximum Gasteiger partial charge on any atom is 0.240 e. The summed E-state index contributed by atoms with van der Waals surface area (Å²) in [5.41, 5.74) is 2.47. The molecule has 1 amide bonds. The van der Waals surface area contributed by atoms with Crippen molar-refractivity contribution in [3.05, 3.63) is 59.7 Å². The van der Waals surface area contributed by atoms with Crippen LogP contribution in [0.25, 0.3) is 0 Å². The Morgan fingerprint density at radius 1 is 1.04 bits per heavy atom. The molecule has 0 aromatic heterocycles. The number of sulfonamides is 1. The van der Waals surface area contributed by atoms with Crippen LogP contribution in [0.2, 0.25) is 0 Å². The van der Waals surface area contributed by atoms with E-state index in [1.807, 2.05) is 0 Å². The number of aryl methyl sites for hydroxylation is 1. The summed E-state index contributed by atoms with van der Waals surface area (Å²) in [7, 11) is -2.08. The van der Waals surface area contributed by atoms with Gasteiger partial charge in [0.1, 0.15) is 0 Å².